The molecule has 0 aromatic rings. The minimum Gasteiger partial charge on any atom is -0.462 e. The Morgan fingerprint density at radius 3 is 0.838 bits per heavy atom. The van der Waals surface area contributed by atoms with E-state index in [1.54, 1.807) is 0 Å². The van der Waals surface area contributed by atoms with Crippen LogP contribution >= 0.6 is 0 Å². The van der Waals surface area contributed by atoms with E-state index in [1.807, 2.05) is 0 Å². The van der Waals surface area contributed by atoms with Crippen LogP contribution in [-0.4, -0.2) is 37.2 Å². The molecule has 0 fully saturated rings. The van der Waals surface area contributed by atoms with Gasteiger partial charge < -0.3 is 14.2 Å². The monoisotopic (exact) mass is 1030 g/mol. The fourth-order valence-electron chi connectivity index (χ4n) is 8.65. The smallest absolute Gasteiger partial charge is 0.306 e. The number of rotatable bonds is 56. The summed E-state index contributed by atoms with van der Waals surface area (Å²) in [5.41, 5.74) is 0. The minimum absolute atomic E-state index is 0.0817. The van der Waals surface area contributed by atoms with Crippen LogP contribution in [0.3, 0.4) is 0 Å². The van der Waals surface area contributed by atoms with Gasteiger partial charge in [-0.15, -0.1) is 0 Å². The largest absolute Gasteiger partial charge is 0.462 e. The van der Waals surface area contributed by atoms with Crippen LogP contribution in [0.5, 0.6) is 0 Å². The normalized spacial score (nSPS) is 12.7. The number of hydrogen-bond donors (Lipinski definition) is 0. The molecule has 0 radical (unpaired) electrons. The molecule has 0 aliphatic carbocycles. The van der Waals surface area contributed by atoms with E-state index < -0.39 is 6.10 Å². The molecule has 0 aromatic carbocycles. The first-order chi connectivity index (χ1) is 36.5. The molecule has 0 bridgehead atoms. The van der Waals surface area contributed by atoms with E-state index in [0.717, 1.165) is 122 Å². The molecule has 0 aliphatic heterocycles. The van der Waals surface area contributed by atoms with Crippen molar-refractivity contribution < 1.29 is 28.6 Å². The van der Waals surface area contributed by atoms with Crippen LogP contribution in [0.25, 0.3) is 0 Å². The average molecular weight is 1030 g/mol. The van der Waals surface area contributed by atoms with Crippen LogP contribution in [0.15, 0.2) is 97.2 Å². The lowest BCUT2D eigenvalue weighted by Gasteiger charge is -2.18. The predicted molar refractivity (Wildman–Crippen MR) is 320 cm³/mol. The molecular formula is C68H116O6. The van der Waals surface area contributed by atoms with Crippen molar-refractivity contribution in [2.75, 3.05) is 13.2 Å². The molecule has 74 heavy (non-hydrogen) atoms. The van der Waals surface area contributed by atoms with Crippen molar-refractivity contribution in [1.29, 1.82) is 0 Å². The van der Waals surface area contributed by atoms with Crippen molar-refractivity contribution in [3.05, 3.63) is 97.2 Å². The second kappa shape index (κ2) is 61.9. The van der Waals surface area contributed by atoms with Gasteiger partial charge in [0.15, 0.2) is 6.10 Å². The van der Waals surface area contributed by atoms with Crippen LogP contribution in [-0.2, 0) is 28.6 Å². The first kappa shape index (κ1) is 70.3. The maximum Gasteiger partial charge on any atom is 0.306 e. The fraction of sp³-hybridized carbons (Fsp3) is 0.721. The van der Waals surface area contributed by atoms with Crippen LogP contribution in [0.2, 0.25) is 0 Å². The van der Waals surface area contributed by atoms with E-state index in [2.05, 4.69) is 118 Å². The van der Waals surface area contributed by atoms with E-state index >= 15 is 0 Å². The van der Waals surface area contributed by atoms with Crippen LogP contribution in [0.4, 0.5) is 0 Å². The summed E-state index contributed by atoms with van der Waals surface area (Å²) in [5, 5.41) is 0. The molecule has 0 saturated carbocycles. The van der Waals surface area contributed by atoms with Crippen molar-refractivity contribution in [2.45, 2.75) is 303 Å². The van der Waals surface area contributed by atoms with E-state index in [4.69, 9.17) is 14.2 Å². The van der Waals surface area contributed by atoms with Gasteiger partial charge in [0.05, 0.1) is 0 Å². The lowest BCUT2D eigenvalue weighted by molar-refractivity contribution is -0.167. The number of ether oxygens (including phenoxy) is 3. The van der Waals surface area contributed by atoms with Gasteiger partial charge in [-0.25, -0.2) is 0 Å². The highest BCUT2D eigenvalue weighted by atomic mass is 16.6. The highest BCUT2D eigenvalue weighted by molar-refractivity contribution is 5.71. The van der Waals surface area contributed by atoms with Gasteiger partial charge in [0.2, 0.25) is 0 Å². The van der Waals surface area contributed by atoms with E-state index in [0.29, 0.717) is 19.3 Å². The molecule has 0 spiro atoms. The van der Waals surface area contributed by atoms with Gasteiger partial charge in [0, 0.05) is 19.3 Å². The lowest BCUT2D eigenvalue weighted by Crippen LogP contribution is -2.30. The molecule has 0 heterocycles. The Labute approximate surface area is 457 Å². The molecule has 6 nitrogen and oxygen atoms in total. The van der Waals surface area contributed by atoms with Gasteiger partial charge in [-0.3, -0.25) is 14.4 Å². The van der Waals surface area contributed by atoms with Crippen molar-refractivity contribution in [3.8, 4) is 0 Å². The van der Waals surface area contributed by atoms with Crippen LogP contribution in [0, 0.1) is 0 Å². The van der Waals surface area contributed by atoms with Crippen molar-refractivity contribution in [3.63, 3.8) is 0 Å². The predicted octanol–water partition coefficient (Wildman–Crippen LogP) is 21.3. The molecule has 0 aliphatic rings. The molecule has 0 amide bonds. The highest BCUT2D eigenvalue weighted by Gasteiger charge is 2.19. The zero-order valence-corrected chi connectivity index (χ0v) is 48.6. The summed E-state index contributed by atoms with van der Waals surface area (Å²) in [7, 11) is 0. The molecule has 1 atom stereocenters. The van der Waals surface area contributed by atoms with E-state index in [9.17, 15) is 14.4 Å². The molecule has 0 saturated heterocycles. The fourth-order valence-corrected chi connectivity index (χ4v) is 8.65. The molecular weight excluding hydrogens is 913 g/mol. The summed E-state index contributed by atoms with van der Waals surface area (Å²) < 4.78 is 16.9. The van der Waals surface area contributed by atoms with Gasteiger partial charge in [0.1, 0.15) is 13.2 Å². The zero-order valence-electron chi connectivity index (χ0n) is 48.6. The highest BCUT2D eigenvalue weighted by Crippen LogP contribution is 2.16. The summed E-state index contributed by atoms with van der Waals surface area (Å²) >= 11 is 0. The third-order valence-electron chi connectivity index (χ3n) is 13.3. The minimum atomic E-state index is -0.785. The molecule has 1 unspecified atom stereocenters. The van der Waals surface area contributed by atoms with Crippen molar-refractivity contribution in [1.82, 2.24) is 0 Å². The van der Waals surface area contributed by atoms with Crippen molar-refractivity contribution >= 4 is 17.9 Å². The van der Waals surface area contributed by atoms with Gasteiger partial charge in [0.25, 0.3) is 0 Å². The Morgan fingerprint density at radius 1 is 0.284 bits per heavy atom. The maximum atomic E-state index is 12.9. The summed E-state index contributed by atoms with van der Waals surface area (Å²) in [4.78, 5) is 38.2. The number of allylic oxidation sites excluding steroid dienone is 16. The van der Waals surface area contributed by atoms with Crippen LogP contribution < -0.4 is 0 Å². The van der Waals surface area contributed by atoms with Gasteiger partial charge in [-0.1, -0.05) is 272 Å². The SMILES string of the molecule is CC/C=C\C/C=C\C/C=C\C/C=C\C/C=C\C/C=C\CCCCCCCCCCCCC(=O)OCC(COC(=O)CCCCCCCCCCCCC)OC(=O)CCCCCCC/C=C\C/C=C\CCCCCC. The van der Waals surface area contributed by atoms with Crippen LogP contribution in [0.1, 0.15) is 297 Å². The number of carbonyl (C=O) groups excluding carboxylic acids is 3. The zero-order chi connectivity index (χ0) is 53.6. The topological polar surface area (TPSA) is 78.9 Å². The lowest BCUT2D eigenvalue weighted by atomic mass is 10.1. The number of hydrogen-bond acceptors (Lipinski definition) is 6. The van der Waals surface area contributed by atoms with E-state index in [-0.39, 0.29) is 31.1 Å². The van der Waals surface area contributed by atoms with E-state index in [1.165, 1.54) is 135 Å². The summed E-state index contributed by atoms with van der Waals surface area (Å²) in [5.74, 6) is -0.893. The summed E-state index contributed by atoms with van der Waals surface area (Å²) in [6, 6.07) is 0. The number of carbonyl (C=O) groups is 3. The second-order valence-corrected chi connectivity index (χ2v) is 20.6. The Morgan fingerprint density at radius 2 is 0.527 bits per heavy atom. The third kappa shape index (κ3) is 59.2. The van der Waals surface area contributed by atoms with Gasteiger partial charge in [-0.05, 0) is 103 Å². The summed E-state index contributed by atoms with van der Waals surface area (Å²) in [6.07, 6.45) is 82.7. The number of unbranched alkanes of at least 4 members (excludes halogenated alkanes) is 29. The van der Waals surface area contributed by atoms with Crippen molar-refractivity contribution in [2.24, 2.45) is 0 Å². The first-order valence-corrected chi connectivity index (χ1v) is 31.2. The Hall–Kier alpha value is -3.67. The molecule has 6 heteroatoms. The molecule has 0 aromatic heterocycles. The second-order valence-electron chi connectivity index (χ2n) is 20.6. The van der Waals surface area contributed by atoms with Gasteiger partial charge >= 0.3 is 17.9 Å². The molecule has 0 rings (SSSR count). The standard InChI is InChI=1S/C68H116O6/c1-4-7-10-13-16-19-22-24-26-28-29-30-31-32-33-34-35-36-37-38-39-40-42-43-46-49-52-55-58-61-67(70)73-64-65(63-72-66(69)60-57-54-51-48-45-21-18-15-12-9-6-3)74-68(71)62-59-56-53-50-47-44-41-27-25-23-20-17-14-11-8-5-2/h7,10,16,19-20,23-24,26-27,29-30,32-33,35-36,41,65H,4-6,8-9,11-15,17-18,21-22,25,28,31,34,37-40,42-64H2,1-3H3/b10-7-,19-16-,23-20-,26-24-,30-29-,33-32-,36-35-,41-27-. The summed E-state index contributed by atoms with van der Waals surface area (Å²) in [6.45, 7) is 6.50. The maximum absolute atomic E-state index is 12.9. The Balaban J connectivity index is 4.26. The first-order valence-electron chi connectivity index (χ1n) is 31.2. The molecule has 424 valence electrons. The third-order valence-corrected chi connectivity index (χ3v) is 13.3. The Bertz CT molecular complexity index is 1460. The Kier molecular flexibility index (Phi) is 58.8. The molecule has 0 N–H and O–H groups in total. The van der Waals surface area contributed by atoms with Gasteiger partial charge in [-0.2, -0.15) is 0 Å². The quantitative estimate of drug-likeness (QED) is 0.0261. The average Bonchev–Trinajstić information content (AvgIpc) is 3.40. The number of esters is 3.